The Morgan fingerprint density at radius 1 is 0.480 bits per heavy atom. The molecule has 0 spiro atoms. The van der Waals surface area contributed by atoms with E-state index in [-0.39, 0.29) is 95.6 Å². The van der Waals surface area contributed by atoms with Gasteiger partial charge in [-0.25, -0.2) is 4.79 Å². The van der Waals surface area contributed by atoms with Crippen molar-refractivity contribution in [2.24, 2.45) is 92.7 Å². The monoisotopic (exact) mass is 1430 g/mol. The topological polar surface area (TPSA) is 507 Å². The second-order valence-corrected chi connectivity index (χ2v) is 28.4. The van der Waals surface area contributed by atoms with Crippen LogP contribution in [0.2, 0.25) is 0 Å². The van der Waals surface area contributed by atoms with Crippen molar-refractivity contribution in [3.8, 4) is 0 Å². The fourth-order valence-corrected chi connectivity index (χ4v) is 12.4. The number of guanidine groups is 1. The van der Waals surface area contributed by atoms with Gasteiger partial charge in [0, 0.05) is 98.2 Å². The number of aromatic amines is 1. The number of ketones is 5. The number of carbonyl (C=O) groups is 13. The van der Waals surface area contributed by atoms with Crippen LogP contribution in [-0.2, 0) is 75.2 Å². The van der Waals surface area contributed by atoms with Gasteiger partial charge >= 0.3 is 11.9 Å². The van der Waals surface area contributed by atoms with Crippen molar-refractivity contribution in [1.29, 1.82) is 0 Å². The maximum atomic E-state index is 14.7. The first-order chi connectivity index (χ1) is 48.2. The number of carboxylic acid groups (broad SMARTS) is 2. The molecule has 11 atom stereocenters. The number of unbranched alkanes of at least 4 members (excludes halogenated alkanes) is 2. The lowest BCUT2D eigenvalue weighted by Gasteiger charge is -2.29. The van der Waals surface area contributed by atoms with Gasteiger partial charge in [0.1, 0.15) is 6.04 Å². The average Bonchev–Trinajstić information content (AvgIpc) is 1.50. The second kappa shape index (κ2) is 45.3. The minimum absolute atomic E-state index is 0.0143. The van der Waals surface area contributed by atoms with E-state index >= 15 is 0 Å². The number of aromatic nitrogens is 1. The molecule has 0 bridgehead atoms. The van der Waals surface area contributed by atoms with Gasteiger partial charge in [-0.3, -0.25) is 62.5 Å². The van der Waals surface area contributed by atoms with Crippen LogP contribution in [0.3, 0.4) is 0 Å². The molecule has 1 heterocycles. The summed E-state index contributed by atoms with van der Waals surface area (Å²) in [7, 11) is 0. The Morgan fingerprint density at radius 3 is 1.48 bits per heavy atom. The molecule has 102 heavy (non-hydrogen) atoms. The molecule has 0 saturated heterocycles. The third-order valence-electron chi connectivity index (χ3n) is 18.5. The smallest absolute Gasteiger partial charge is 0.326 e. The second-order valence-electron chi connectivity index (χ2n) is 28.4. The van der Waals surface area contributed by atoms with Crippen LogP contribution in [0.5, 0.6) is 0 Å². The number of hydrogen-bond donors (Lipinski definition) is 14. The van der Waals surface area contributed by atoms with Crippen LogP contribution in [0.25, 0.3) is 10.9 Å². The summed E-state index contributed by atoms with van der Waals surface area (Å²) in [6.45, 7) is 14.4. The first-order valence-electron chi connectivity index (χ1n) is 35.9. The molecule has 3 rings (SSSR count). The predicted octanol–water partition coefficient (Wildman–Crippen LogP) is 4.12. The van der Waals surface area contributed by atoms with Gasteiger partial charge in [0.15, 0.2) is 34.9 Å². The molecule has 6 amide bonds. The van der Waals surface area contributed by atoms with Crippen molar-refractivity contribution in [1.82, 2.24) is 31.6 Å². The number of primary amides is 1. The molecule has 28 nitrogen and oxygen atoms in total. The standard InChI is InChI=1S/C74H115N13O15/c1-42(2)33-49(70(98)85-58(73(101)102)25-15-17-31-76)38-63(91)59(34-46-19-10-9-11-20-46)86-68(96)47(21-14-16-30-75)36-62(90)57(27-29-66(94)95)84-72(100)53(44(5)6)40-64(92)67(45(7)8)87-69(97)48(22-18-32-81-74(79)80)37-61(89)56(26-28-65(78)93)83-71(99)52(43(3)4)39-60(88)54(77)35-50-41-82-55-24-13-12-23-51(50)55/h9-13,19-20,23-24,41-45,47-49,52-54,56-59,67,82H,14-18,21-22,25-40,75-77H2,1-8H3,(H2,78,93)(H,83,99)(H,84,100)(H,85,98)(H,86,96)(H,87,97)(H,94,95)(H,101,102)(H4,79,80,81)/t47-,48-,49-,52+,53+,54+,56+,57+,58+,59+,67+/m1/s1. The van der Waals surface area contributed by atoms with E-state index in [0.717, 1.165) is 16.5 Å². The number of aliphatic carboxylic acids is 2. The molecule has 2 aromatic carbocycles. The van der Waals surface area contributed by atoms with Gasteiger partial charge in [0.05, 0.1) is 30.2 Å². The summed E-state index contributed by atoms with van der Waals surface area (Å²) in [6, 6.07) is 8.73. The number of aliphatic imine (C=N–C) groups is 1. The highest BCUT2D eigenvalue weighted by Crippen LogP contribution is 2.27. The number of amides is 6. The van der Waals surface area contributed by atoms with Crippen molar-refractivity contribution in [2.45, 2.75) is 220 Å². The molecule has 3 aromatic rings. The lowest BCUT2D eigenvalue weighted by Crippen LogP contribution is -2.51. The Hall–Kier alpha value is -8.76. The van der Waals surface area contributed by atoms with E-state index in [1.54, 1.807) is 78.1 Å². The third-order valence-corrected chi connectivity index (χ3v) is 18.5. The molecule has 0 aliphatic rings. The van der Waals surface area contributed by atoms with Crippen LogP contribution in [0.1, 0.15) is 182 Å². The number of hydrogen-bond acceptors (Lipinski definition) is 17. The molecule has 566 valence electrons. The van der Waals surface area contributed by atoms with E-state index in [1.165, 1.54) is 0 Å². The molecule has 0 radical (unpaired) electrons. The van der Waals surface area contributed by atoms with E-state index in [2.05, 4.69) is 36.6 Å². The number of para-hydroxylation sites is 1. The van der Waals surface area contributed by atoms with Gasteiger partial charge in [0.2, 0.25) is 35.4 Å². The van der Waals surface area contributed by atoms with E-state index < -0.39 is 192 Å². The molecule has 28 heteroatoms. The van der Waals surface area contributed by atoms with Crippen LogP contribution in [-0.4, -0.2) is 153 Å². The van der Waals surface area contributed by atoms with Crippen molar-refractivity contribution < 1.29 is 72.5 Å². The van der Waals surface area contributed by atoms with Gasteiger partial charge in [-0.05, 0) is 131 Å². The van der Waals surface area contributed by atoms with Crippen molar-refractivity contribution in [2.75, 3.05) is 19.6 Å². The summed E-state index contributed by atoms with van der Waals surface area (Å²) in [5.74, 6) is -17.2. The highest BCUT2D eigenvalue weighted by molar-refractivity contribution is 5.99. The van der Waals surface area contributed by atoms with Crippen LogP contribution in [0.4, 0.5) is 0 Å². The molecule has 0 saturated carbocycles. The number of fused-ring (bicyclic) bond motifs is 1. The fraction of sp³-hybridized carbons (Fsp3) is 0.622. The maximum absolute atomic E-state index is 14.7. The van der Waals surface area contributed by atoms with Crippen molar-refractivity contribution in [3.63, 3.8) is 0 Å². The molecule has 0 aliphatic heterocycles. The zero-order chi connectivity index (χ0) is 76.3. The summed E-state index contributed by atoms with van der Waals surface area (Å²) < 4.78 is 0. The van der Waals surface area contributed by atoms with Gasteiger partial charge in [0.25, 0.3) is 0 Å². The van der Waals surface area contributed by atoms with Crippen LogP contribution in [0.15, 0.2) is 65.8 Å². The lowest BCUT2D eigenvalue weighted by molar-refractivity contribution is -0.143. The molecular weight excluding hydrogens is 1310 g/mol. The van der Waals surface area contributed by atoms with Crippen LogP contribution in [0, 0.1) is 53.3 Å². The summed E-state index contributed by atoms with van der Waals surface area (Å²) in [4.78, 5) is 188. The van der Waals surface area contributed by atoms with Gasteiger partial charge in [-0.15, -0.1) is 0 Å². The SMILES string of the molecule is CC(C)C[C@H](CC(=O)[C@H](Cc1ccccc1)NC(=O)[C@H](CCCCN)CC(=O)[C@H](CCC(=O)O)NC(=O)[C@@H](CC(=O)[C@@H](NC(=O)[C@H](CCCN=C(N)N)CC(=O)[C@H](CCC(N)=O)NC(=O)[C@@H](CC(=O)[C@@H](N)Cc1c[nH]c2ccccc12)C(C)C)C(C)C)C(C)C)C(=O)N[C@@H](CCCCN)C(=O)O. The van der Waals surface area contributed by atoms with E-state index in [4.69, 9.17) is 34.4 Å². The lowest BCUT2D eigenvalue weighted by atomic mass is 9.84. The van der Waals surface area contributed by atoms with Crippen LogP contribution < -0.4 is 61.0 Å². The third kappa shape index (κ3) is 31.2. The quantitative estimate of drug-likeness (QED) is 0.0215. The highest BCUT2D eigenvalue weighted by Gasteiger charge is 2.39. The molecular formula is C74H115N13O15. The number of Topliss-reactive ketones (excluding diaryl/α,β-unsaturated/α-hetero) is 5. The Balaban J connectivity index is 1.92. The molecule has 1 aromatic heterocycles. The summed E-state index contributed by atoms with van der Waals surface area (Å²) in [6.07, 6.45) is 0.488. The van der Waals surface area contributed by atoms with Crippen LogP contribution >= 0.6 is 0 Å². The van der Waals surface area contributed by atoms with E-state index in [0.29, 0.717) is 37.8 Å². The first-order valence-corrected chi connectivity index (χ1v) is 35.9. The van der Waals surface area contributed by atoms with Gasteiger partial charge < -0.3 is 76.2 Å². The number of benzene rings is 2. The summed E-state index contributed by atoms with van der Waals surface area (Å²) >= 11 is 0. The van der Waals surface area contributed by atoms with E-state index in [1.807, 2.05) is 38.1 Å². The Labute approximate surface area is 599 Å². The maximum Gasteiger partial charge on any atom is 0.326 e. The number of H-pyrrole nitrogens is 1. The minimum atomic E-state index is -1.50. The highest BCUT2D eigenvalue weighted by atomic mass is 16.4. The molecule has 0 fully saturated rings. The first kappa shape index (κ1) is 87.5. The Morgan fingerprint density at radius 2 is 0.961 bits per heavy atom. The Bertz CT molecular complexity index is 3290. The number of nitrogens with one attached hydrogen (secondary N) is 6. The number of carbonyl (C=O) groups excluding carboxylic acids is 11. The normalized spacial score (nSPS) is 14.8. The van der Waals surface area contributed by atoms with Crippen molar-refractivity contribution in [3.05, 3.63) is 71.9 Å². The van der Waals surface area contributed by atoms with E-state index in [9.17, 15) is 72.5 Å². The predicted molar refractivity (Wildman–Crippen MR) is 388 cm³/mol. The summed E-state index contributed by atoms with van der Waals surface area (Å²) in [5, 5.41) is 34.4. The number of carboxylic acids is 2. The number of nitrogens with zero attached hydrogens (tertiary/aromatic N) is 1. The fourth-order valence-electron chi connectivity index (χ4n) is 12.4. The number of nitrogens with two attached hydrogens (primary N) is 6. The molecule has 20 N–H and O–H groups in total. The van der Waals surface area contributed by atoms with Gasteiger partial charge in [-0.1, -0.05) is 110 Å². The zero-order valence-corrected chi connectivity index (χ0v) is 60.8. The average molecular weight is 1430 g/mol. The van der Waals surface area contributed by atoms with Crippen molar-refractivity contribution >= 4 is 93.2 Å². The molecule has 0 aliphatic carbocycles. The number of rotatable bonds is 53. The van der Waals surface area contributed by atoms with Gasteiger partial charge in [-0.2, -0.15) is 0 Å². The summed E-state index contributed by atoms with van der Waals surface area (Å²) in [5.41, 5.74) is 37.0. The zero-order valence-electron chi connectivity index (χ0n) is 60.8. The Kier molecular flexibility index (Phi) is 38.8. The molecule has 0 unspecified atom stereocenters. The largest absolute Gasteiger partial charge is 0.481 e. The minimum Gasteiger partial charge on any atom is -0.481 e.